The van der Waals surface area contributed by atoms with E-state index in [1.54, 1.807) is 0 Å². The quantitative estimate of drug-likeness (QED) is 0.851. The number of nitrogens with zero attached hydrogens (tertiary/aromatic N) is 2. The lowest BCUT2D eigenvalue weighted by atomic mass is 10.1. The van der Waals surface area contributed by atoms with E-state index in [1.807, 2.05) is 6.92 Å². The minimum Gasteiger partial charge on any atom is -0.381 e. The van der Waals surface area contributed by atoms with Crippen molar-refractivity contribution < 1.29 is 4.74 Å². The van der Waals surface area contributed by atoms with Crippen LogP contribution in [0.2, 0.25) is 0 Å². The number of imidazole rings is 1. The minimum atomic E-state index is 0.550. The maximum atomic E-state index is 5.39. The Hall–Kier alpha value is -1.03. The molecule has 1 aromatic rings. The normalized spacial score (nSPS) is 17.6. The lowest BCUT2D eigenvalue weighted by Crippen LogP contribution is -2.21. The van der Waals surface area contributed by atoms with Gasteiger partial charge in [0.2, 0.25) is 5.95 Å². The Balaban J connectivity index is 2.10. The van der Waals surface area contributed by atoms with Crippen LogP contribution in [0.15, 0.2) is 6.20 Å². The molecule has 1 fully saturated rings. The highest BCUT2D eigenvalue weighted by Crippen LogP contribution is 2.25. The molecule has 1 saturated heterocycles. The SMILES string of the molecule is CCCNc1nc(C)cn1C1CCOCC1. The summed E-state index contributed by atoms with van der Waals surface area (Å²) in [5.41, 5.74) is 1.09. The highest BCUT2D eigenvalue weighted by molar-refractivity contribution is 5.29. The first-order chi connectivity index (χ1) is 7.81. The first-order valence-electron chi connectivity index (χ1n) is 6.18. The van der Waals surface area contributed by atoms with Gasteiger partial charge >= 0.3 is 0 Å². The zero-order chi connectivity index (χ0) is 11.4. The molecule has 0 aromatic carbocycles. The van der Waals surface area contributed by atoms with E-state index >= 15 is 0 Å². The van der Waals surface area contributed by atoms with Gasteiger partial charge in [-0.3, -0.25) is 0 Å². The molecule has 2 rings (SSSR count). The molecule has 0 spiro atoms. The Kier molecular flexibility index (Phi) is 3.83. The van der Waals surface area contributed by atoms with Crippen LogP contribution in [0.5, 0.6) is 0 Å². The fourth-order valence-corrected chi connectivity index (χ4v) is 2.13. The van der Waals surface area contributed by atoms with E-state index in [9.17, 15) is 0 Å². The van der Waals surface area contributed by atoms with Crippen molar-refractivity contribution in [1.82, 2.24) is 9.55 Å². The zero-order valence-electron chi connectivity index (χ0n) is 10.2. The molecule has 2 heterocycles. The summed E-state index contributed by atoms with van der Waals surface area (Å²) in [6.45, 7) is 6.94. The predicted octanol–water partition coefficient (Wildman–Crippen LogP) is 2.36. The van der Waals surface area contributed by atoms with Gasteiger partial charge < -0.3 is 14.6 Å². The standard InChI is InChI=1S/C12H21N3O/c1-3-6-13-12-14-10(2)9-15(12)11-4-7-16-8-5-11/h9,11H,3-8H2,1-2H3,(H,13,14). The third-order valence-electron chi connectivity index (χ3n) is 2.97. The average Bonchev–Trinajstić information content (AvgIpc) is 2.69. The fourth-order valence-electron chi connectivity index (χ4n) is 2.13. The predicted molar refractivity (Wildman–Crippen MR) is 64.8 cm³/mol. The summed E-state index contributed by atoms with van der Waals surface area (Å²) in [5, 5.41) is 3.39. The number of aryl methyl sites for hydroxylation is 1. The van der Waals surface area contributed by atoms with Crippen LogP contribution in [0.3, 0.4) is 0 Å². The summed E-state index contributed by atoms with van der Waals surface area (Å²) >= 11 is 0. The first kappa shape index (κ1) is 11.5. The minimum absolute atomic E-state index is 0.550. The van der Waals surface area contributed by atoms with Gasteiger partial charge in [-0.25, -0.2) is 4.98 Å². The topological polar surface area (TPSA) is 39.1 Å². The third-order valence-corrected chi connectivity index (χ3v) is 2.97. The molecule has 4 heteroatoms. The summed E-state index contributed by atoms with van der Waals surface area (Å²) in [6.07, 6.45) is 5.46. The molecule has 16 heavy (non-hydrogen) atoms. The van der Waals surface area contributed by atoms with E-state index in [0.717, 1.165) is 50.7 Å². The van der Waals surface area contributed by atoms with Gasteiger partial charge in [-0.1, -0.05) is 6.92 Å². The molecule has 0 unspecified atom stereocenters. The monoisotopic (exact) mass is 223 g/mol. The van der Waals surface area contributed by atoms with Crippen molar-refractivity contribution in [3.63, 3.8) is 0 Å². The molecule has 0 saturated carbocycles. The van der Waals surface area contributed by atoms with Crippen molar-refractivity contribution in [2.45, 2.75) is 39.2 Å². The van der Waals surface area contributed by atoms with E-state index in [0.29, 0.717) is 6.04 Å². The third kappa shape index (κ3) is 2.55. The second-order valence-corrected chi connectivity index (χ2v) is 4.38. The van der Waals surface area contributed by atoms with E-state index < -0.39 is 0 Å². The van der Waals surface area contributed by atoms with Gasteiger partial charge in [0, 0.05) is 32.0 Å². The Morgan fingerprint density at radius 3 is 2.94 bits per heavy atom. The Bertz CT molecular complexity index is 329. The van der Waals surface area contributed by atoms with Crippen LogP contribution in [-0.4, -0.2) is 29.3 Å². The molecule has 1 N–H and O–H groups in total. The van der Waals surface area contributed by atoms with E-state index in [-0.39, 0.29) is 0 Å². The van der Waals surface area contributed by atoms with Gasteiger partial charge in [0.1, 0.15) is 0 Å². The van der Waals surface area contributed by atoms with Crippen molar-refractivity contribution in [1.29, 1.82) is 0 Å². The molecule has 0 bridgehead atoms. The van der Waals surface area contributed by atoms with Crippen molar-refractivity contribution in [3.8, 4) is 0 Å². The van der Waals surface area contributed by atoms with Gasteiger partial charge in [0.15, 0.2) is 0 Å². The molecule has 1 aliphatic rings. The molecular weight excluding hydrogens is 202 g/mol. The molecule has 0 amide bonds. The molecule has 1 aliphatic heterocycles. The fraction of sp³-hybridized carbons (Fsp3) is 0.750. The maximum Gasteiger partial charge on any atom is 0.203 e. The van der Waals surface area contributed by atoms with Crippen LogP contribution in [0.25, 0.3) is 0 Å². The molecule has 90 valence electrons. The van der Waals surface area contributed by atoms with E-state index in [2.05, 4.69) is 28.0 Å². The number of hydrogen-bond donors (Lipinski definition) is 1. The number of rotatable bonds is 4. The van der Waals surface area contributed by atoms with Crippen molar-refractivity contribution in [3.05, 3.63) is 11.9 Å². The second kappa shape index (κ2) is 5.34. The van der Waals surface area contributed by atoms with Gasteiger partial charge in [-0.05, 0) is 26.2 Å². The van der Waals surface area contributed by atoms with Crippen LogP contribution < -0.4 is 5.32 Å². The second-order valence-electron chi connectivity index (χ2n) is 4.38. The zero-order valence-corrected chi connectivity index (χ0v) is 10.2. The van der Waals surface area contributed by atoms with Crippen molar-refractivity contribution in [2.24, 2.45) is 0 Å². The highest BCUT2D eigenvalue weighted by atomic mass is 16.5. The van der Waals surface area contributed by atoms with Crippen molar-refractivity contribution >= 4 is 5.95 Å². The molecule has 0 atom stereocenters. The van der Waals surface area contributed by atoms with Gasteiger partial charge in [0.05, 0.1) is 5.69 Å². The summed E-state index contributed by atoms with van der Waals surface area (Å²) < 4.78 is 7.68. The molecule has 0 radical (unpaired) electrons. The molecule has 1 aromatic heterocycles. The summed E-state index contributed by atoms with van der Waals surface area (Å²) in [6, 6.07) is 0.550. The average molecular weight is 223 g/mol. The maximum absolute atomic E-state index is 5.39. The molecule has 0 aliphatic carbocycles. The Morgan fingerprint density at radius 1 is 1.50 bits per heavy atom. The number of hydrogen-bond acceptors (Lipinski definition) is 3. The molecule has 4 nitrogen and oxygen atoms in total. The smallest absolute Gasteiger partial charge is 0.203 e. The summed E-state index contributed by atoms with van der Waals surface area (Å²) in [5.74, 6) is 1.02. The number of ether oxygens (including phenoxy) is 1. The first-order valence-corrected chi connectivity index (χ1v) is 6.18. The Morgan fingerprint density at radius 2 is 2.25 bits per heavy atom. The Labute approximate surface area is 97.0 Å². The summed E-state index contributed by atoms with van der Waals surface area (Å²) in [7, 11) is 0. The lowest BCUT2D eigenvalue weighted by Gasteiger charge is -2.25. The highest BCUT2D eigenvalue weighted by Gasteiger charge is 2.18. The van der Waals surface area contributed by atoms with E-state index in [1.165, 1.54) is 0 Å². The number of nitrogens with one attached hydrogen (secondary N) is 1. The van der Waals surface area contributed by atoms with Crippen LogP contribution in [-0.2, 0) is 4.74 Å². The van der Waals surface area contributed by atoms with Gasteiger partial charge in [0.25, 0.3) is 0 Å². The van der Waals surface area contributed by atoms with Crippen molar-refractivity contribution in [2.75, 3.05) is 25.1 Å². The van der Waals surface area contributed by atoms with E-state index in [4.69, 9.17) is 4.74 Å². The number of anilines is 1. The number of aromatic nitrogens is 2. The van der Waals surface area contributed by atoms with Crippen LogP contribution in [0.4, 0.5) is 5.95 Å². The largest absolute Gasteiger partial charge is 0.381 e. The van der Waals surface area contributed by atoms with Crippen LogP contribution in [0.1, 0.15) is 37.9 Å². The van der Waals surface area contributed by atoms with Crippen LogP contribution in [0, 0.1) is 6.92 Å². The van der Waals surface area contributed by atoms with Gasteiger partial charge in [-0.2, -0.15) is 0 Å². The van der Waals surface area contributed by atoms with Crippen LogP contribution >= 0.6 is 0 Å². The lowest BCUT2D eigenvalue weighted by molar-refractivity contribution is 0.0700. The summed E-state index contributed by atoms with van der Waals surface area (Å²) in [4.78, 5) is 4.53. The van der Waals surface area contributed by atoms with Gasteiger partial charge in [-0.15, -0.1) is 0 Å². The molecular formula is C12H21N3O.